The fraction of sp³-hybridized carbons (Fsp3) is 0.217. The number of benzene rings is 3. The van der Waals surface area contributed by atoms with Gasteiger partial charge in [0.1, 0.15) is 24.7 Å². The number of ether oxygens (including phenoxy) is 2. The molecule has 0 radical (unpaired) electrons. The van der Waals surface area contributed by atoms with Gasteiger partial charge in [-0.15, -0.1) is 0 Å². The maximum absolute atomic E-state index is 6.02. The van der Waals surface area contributed by atoms with E-state index in [9.17, 15) is 0 Å². The zero-order chi connectivity index (χ0) is 18.2. The molecule has 3 aromatic rings. The smallest absolute Gasteiger partial charge is 0.123 e. The fourth-order valence-electron chi connectivity index (χ4n) is 2.62. The van der Waals surface area contributed by atoms with Crippen molar-refractivity contribution in [2.45, 2.75) is 26.1 Å². The van der Waals surface area contributed by atoms with E-state index in [4.69, 9.17) is 9.47 Å². The van der Waals surface area contributed by atoms with Crippen LogP contribution in [0.15, 0.2) is 78.9 Å². The highest BCUT2D eigenvalue weighted by atomic mass is 79.9. The van der Waals surface area contributed by atoms with Crippen LogP contribution in [0.2, 0.25) is 0 Å². The van der Waals surface area contributed by atoms with Gasteiger partial charge in [0.2, 0.25) is 0 Å². The van der Waals surface area contributed by atoms with Crippen molar-refractivity contribution in [3.8, 4) is 11.5 Å². The van der Waals surface area contributed by atoms with Crippen LogP contribution in [-0.2, 0) is 13.2 Å². The highest BCUT2D eigenvalue weighted by Gasteiger charge is 2.09. The lowest BCUT2D eigenvalue weighted by Crippen LogP contribution is -2.01. The second-order valence-electron chi connectivity index (χ2n) is 6.34. The first-order valence-electron chi connectivity index (χ1n) is 8.79. The van der Waals surface area contributed by atoms with E-state index in [-0.39, 0.29) is 0 Å². The molecule has 3 rings (SSSR count). The average molecular weight is 411 g/mol. The monoisotopic (exact) mass is 410 g/mol. The van der Waals surface area contributed by atoms with Crippen LogP contribution in [0.4, 0.5) is 0 Å². The lowest BCUT2D eigenvalue weighted by atomic mass is 10.0. The lowest BCUT2D eigenvalue weighted by molar-refractivity contribution is 0.289. The number of rotatable bonds is 8. The summed E-state index contributed by atoms with van der Waals surface area (Å²) in [5.74, 6) is 2.05. The first kappa shape index (κ1) is 18.5. The molecule has 0 bridgehead atoms. The van der Waals surface area contributed by atoms with E-state index in [1.807, 2.05) is 42.5 Å². The SMILES string of the molecule is CC(CBr)c1cc(OCc2ccccc2)cc(OCc2ccccc2)c1. The van der Waals surface area contributed by atoms with Gasteiger partial charge in [-0.1, -0.05) is 83.5 Å². The number of hydrogen-bond acceptors (Lipinski definition) is 2. The molecule has 0 spiro atoms. The topological polar surface area (TPSA) is 18.5 Å². The summed E-state index contributed by atoms with van der Waals surface area (Å²) in [6.07, 6.45) is 0. The standard InChI is InChI=1S/C23H23BrO2/c1-18(15-24)21-12-22(25-16-19-8-4-2-5-9-19)14-23(13-21)26-17-20-10-6-3-7-11-20/h2-14,18H,15-17H2,1H3. The fourth-order valence-corrected chi connectivity index (χ4v) is 2.99. The molecular formula is C23H23BrO2. The van der Waals surface area contributed by atoms with Crippen molar-refractivity contribution in [3.63, 3.8) is 0 Å². The van der Waals surface area contributed by atoms with Gasteiger partial charge in [0, 0.05) is 11.4 Å². The van der Waals surface area contributed by atoms with E-state index in [0.717, 1.165) is 28.0 Å². The van der Waals surface area contributed by atoms with Gasteiger partial charge in [0.15, 0.2) is 0 Å². The highest BCUT2D eigenvalue weighted by molar-refractivity contribution is 9.09. The van der Waals surface area contributed by atoms with Gasteiger partial charge >= 0.3 is 0 Å². The van der Waals surface area contributed by atoms with Crippen LogP contribution in [0.1, 0.15) is 29.5 Å². The summed E-state index contributed by atoms with van der Waals surface area (Å²) in [4.78, 5) is 0. The van der Waals surface area contributed by atoms with Crippen molar-refractivity contribution in [2.75, 3.05) is 5.33 Å². The third kappa shape index (κ3) is 5.37. The first-order valence-corrected chi connectivity index (χ1v) is 9.91. The summed E-state index contributed by atoms with van der Waals surface area (Å²) in [6, 6.07) is 26.6. The van der Waals surface area contributed by atoms with Gasteiger partial charge in [-0.25, -0.2) is 0 Å². The summed E-state index contributed by atoms with van der Waals surface area (Å²) in [5.41, 5.74) is 3.51. The quantitative estimate of drug-likeness (QED) is 0.403. The lowest BCUT2D eigenvalue weighted by Gasteiger charge is -2.15. The third-order valence-electron chi connectivity index (χ3n) is 4.20. The molecule has 1 unspecified atom stereocenters. The Hall–Kier alpha value is -2.26. The number of alkyl halides is 1. The second-order valence-corrected chi connectivity index (χ2v) is 6.99. The molecule has 0 N–H and O–H groups in total. The Kier molecular flexibility index (Phi) is 6.73. The molecule has 0 aliphatic carbocycles. The molecule has 0 saturated carbocycles. The van der Waals surface area contributed by atoms with E-state index < -0.39 is 0 Å². The summed E-state index contributed by atoms with van der Waals surface area (Å²) in [6.45, 7) is 3.28. The molecule has 0 saturated heterocycles. The Morgan fingerprint density at radius 2 is 1.19 bits per heavy atom. The van der Waals surface area contributed by atoms with Gasteiger partial charge in [-0.2, -0.15) is 0 Å². The molecule has 26 heavy (non-hydrogen) atoms. The predicted octanol–water partition coefficient (Wildman–Crippen LogP) is 6.34. The summed E-state index contributed by atoms with van der Waals surface area (Å²) in [5, 5.41) is 0.896. The Morgan fingerprint density at radius 1 is 0.731 bits per heavy atom. The van der Waals surface area contributed by atoms with Gasteiger partial charge in [0.25, 0.3) is 0 Å². The van der Waals surface area contributed by atoms with Gasteiger partial charge < -0.3 is 9.47 Å². The highest BCUT2D eigenvalue weighted by Crippen LogP contribution is 2.29. The molecule has 0 amide bonds. The van der Waals surface area contributed by atoms with Crippen LogP contribution >= 0.6 is 15.9 Å². The maximum atomic E-state index is 6.02. The minimum atomic E-state index is 0.384. The zero-order valence-electron chi connectivity index (χ0n) is 14.9. The maximum Gasteiger partial charge on any atom is 0.123 e. The molecule has 3 aromatic carbocycles. The van der Waals surface area contributed by atoms with Crippen molar-refractivity contribution in [3.05, 3.63) is 95.6 Å². The van der Waals surface area contributed by atoms with Gasteiger partial charge in [0.05, 0.1) is 0 Å². The Morgan fingerprint density at radius 3 is 1.62 bits per heavy atom. The molecule has 0 aliphatic rings. The van der Waals surface area contributed by atoms with Gasteiger partial charge in [-0.05, 0) is 34.7 Å². The Labute approximate surface area is 163 Å². The molecule has 0 aromatic heterocycles. The third-order valence-corrected chi connectivity index (χ3v) is 5.17. The van der Waals surface area contributed by atoms with Gasteiger partial charge in [-0.3, -0.25) is 0 Å². The molecule has 0 heterocycles. The Balaban J connectivity index is 1.74. The van der Waals surface area contributed by atoms with E-state index in [2.05, 4.69) is 59.3 Å². The van der Waals surface area contributed by atoms with Crippen LogP contribution < -0.4 is 9.47 Å². The summed E-state index contributed by atoms with van der Waals surface area (Å²) < 4.78 is 12.0. The molecule has 0 aliphatic heterocycles. The van der Waals surface area contributed by atoms with Crippen LogP contribution in [0.3, 0.4) is 0 Å². The van der Waals surface area contributed by atoms with Crippen LogP contribution in [-0.4, -0.2) is 5.33 Å². The summed E-state index contributed by atoms with van der Waals surface area (Å²) in [7, 11) is 0. The van der Waals surface area contributed by atoms with Crippen molar-refractivity contribution >= 4 is 15.9 Å². The average Bonchev–Trinajstić information content (AvgIpc) is 2.71. The first-order chi connectivity index (χ1) is 12.7. The molecule has 1 atom stereocenters. The van der Waals surface area contributed by atoms with E-state index in [0.29, 0.717) is 19.1 Å². The molecule has 3 heteroatoms. The predicted molar refractivity (Wildman–Crippen MR) is 110 cm³/mol. The minimum absolute atomic E-state index is 0.384. The van der Waals surface area contributed by atoms with E-state index in [1.54, 1.807) is 0 Å². The van der Waals surface area contributed by atoms with E-state index in [1.165, 1.54) is 5.56 Å². The molecular weight excluding hydrogens is 388 g/mol. The minimum Gasteiger partial charge on any atom is -0.489 e. The van der Waals surface area contributed by atoms with Crippen LogP contribution in [0.5, 0.6) is 11.5 Å². The van der Waals surface area contributed by atoms with E-state index >= 15 is 0 Å². The Bertz CT molecular complexity index is 741. The molecule has 0 fully saturated rings. The van der Waals surface area contributed by atoms with Crippen molar-refractivity contribution in [2.24, 2.45) is 0 Å². The number of hydrogen-bond donors (Lipinski definition) is 0. The van der Waals surface area contributed by atoms with Crippen molar-refractivity contribution in [1.29, 1.82) is 0 Å². The second kappa shape index (κ2) is 9.44. The molecule has 2 nitrogen and oxygen atoms in total. The molecule has 134 valence electrons. The zero-order valence-corrected chi connectivity index (χ0v) is 16.5. The number of halogens is 1. The summed E-state index contributed by atoms with van der Waals surface area (Å²) >= 11 is 3.57. The van der Waals surface area contributed by atoms with Crippen molar-refractivity contribution in [1.82, 2.24) is 0 Å². The normalized spacial score (nSPS) is 11.8. The van der Waals surface area contributed by atoms with Crippen LogP contribution in [0.25, 0.3) is 0 Å². The largest absolute Gasteiger partial charge is 0.489 e. The van der Waals surface area contributed by atoms with Crippen LogP contribution in [0, 0.1) is 0 Å². The van der Waals surface area contributed by atoms with Crippen molar-refractivity contribution < 1.29 is 9.47 Å².